The third-order valence-electron chi connectivity index (χ3n) is 2.52. The van der Waals surface area contributed by atoms with E-state index in [9.17, 15) is 4.79 Å². The zero-order valence-corrected chi connectivity index (χ0v) is 13.9. The molecule has 0 aliphatic rings. The zero-order chi connectivity index (χ0) is 15.6. The topological polar surface area (TPSA) is 72.3 Å². The van der Waals surface area contributed by atoms with Crippen molar-refractivity contribution in [2.45, 2.75) is 25.1 Å². The largest absolute Gasteiger partial charge is 0.490 e. The first-order valence-corrected chi connectivity index (χ1v) is 7.38. The molecule has 0 saturated carbocycles. The molecule has 1 heterocycles. The highest BCUT2D eigenvalue weighted by atomic mass is 79.9. The Bertz CT molecular complexity index is 692. The standard InChI is InChI=1S/C14H13BrN2O3S/c1-7(2)20-12-4-3-8(5-9(12)15)10-6-11(13(18)19)17-14(21)16-10/h3-7H,1-2H3,(H,18,19)(H,16,17,21). The first-order chi connectivity index (χ1) is 9.86. The van der Waals surface area contributed by atoms with Gasteiger partial charge in [-0.05, 0) is 54.0 Å². The van der Waals surface area contributed by atoms with Crippen molar-refractivity contribution in [1.82, 2.24) is 9.97 Å². The van der Waals surface area contributed by atoms with E-state index in [1.165, 1.54) is 6.07 Å². The number of nitrogens with zero attached hydrogens (tertiary/aromatic N) is 2. The van der Waals surface area contributed by atoms with E-state index in [1.54, 1.807) is 6.07 Å². The van der Waals surface area contributed by atoms with E-state index in [0.717, 1.165) is 10.0 Å². The predicted molar refractivity (Wildman–Crippen MR) is 85.1 cm³/mol. The van der Waals surface area contributed by atoms with Crippen molar-refractivity contribution in [3.63, 3.8) is 0 Å². The summed E-state index contributed by atoms with van der Waals surface area (Å²) in [7, 11) is 0. The van der Waals surface area contributed by atoms with Gasteiger partial charge in [-0.25, -0.2) is 14.8 Å². The molecule has 0 saturated heterocycles. The summed E-state index contributed by atoms with van der Waals surface area (Å²) < 4.78 is 6.40. The van der Waals surface area contributed by atoms with Gasteiger partial charge in [0, 0.05) is 5.56 Å². The summed E-state index contributed by atoms with van der Waals surface area (Å²) in [5, 5.41) is 9.14. The second-order valence-electron chi connectivity index (χ2n) is 4.56. The van der Waals surface area contributed by atoms with E-state index in [-0.39, 0.29) is 17.0 Å². The lowest BCUT2D eigenvalue weighted by molar-refractivity contribution is 0.0689. The Labute approximate surface area is 135 Å². The number of thiol groups is 1. The van der Waals surface area contributed by atoms with Gasteiger partial charge in [0.05, 0.1) is 16.3 Å². The molecule has 5 nitrogen and oxygen atoms in total. The van der Waals surface area contributed by atoms with Crippen LogP contribution in [-0.4, -0.2) is 27.1 Å². The molecule has 0 atom stereocenters. The van der Waals surface area contributed by atoms with Crippen molar-refractivity contribution in [2.24, 2.45) is 0 Å². The quantitative estimate of drug-likeness (QED) is 0.636. The summed E-state index contributed by atoms with van der Waals surface area (Å²) in [5.74, 6) is -0.403. The van der Waals surface area contributed by atoms with Crippen LogP contribution >= 0.6 is 28.6 Å². The second-order valence-corrected chi connectivity index (χ2v) is 5.81. The molecule has 21 heavy (non-hydrogen) atoms. The van der Waals surface area contributed by atoms with Crippen LogP contribution in [0.5, 0.6) is 5.75 Å². The maximum atomic E-state index is 11.0. The van der Waals surface area contributed by atoms with Crippen LogP contribution in [0.3, 0.4) is 0 Å². The second kappa shape index (κ2) is 6.44. The van der Waals surface area contributed by atoms with Crippen LogP contribution < -0.4 is 4.74 Å². The fraction of sp³-hybridized carbons (Fsp3) is 0.214. The van der Waals surface area contributed by atoms with E-state index in [4.69, 9.17) is 9.84 Å². The van der Waals surface area contributed by atoms with Crippen molar-refractivity contribution in [3.05, 3.63) is 34.4 Å². The minimum absolute atomic E-state index is 0.0638. The molecule has 1 aromatic carbocycles. The van der Waals surface area contributed by atoms with Crippen LogP contribution in [0.4, 0.5) is 0 Å². The molecule has 2 rings (SSSR count). The molecular formula is C14H13BrN2O3S. The Hall–Kier alpha value is -1.60. The number of ether oxygens (including phenoxy) is 1. The van der Waals surface area contributed by atoms with Gasteiger partial charge in [-0.1, -0.05) is 0 Å². The molecule has 0 spiro atoms. The molecule has 110 valence electrons. The molecule has 1 N–H and O–H groups in total. The smallest absolute Gasteiger partial charge is 0.354 e. The van der Waals surface area contributed by atoms with Gasteiger partial charge >= 0.3 is 5.97 Å². The zero-order valence-electron chi connectivity index (χ0n) is 11.4. The Morgan fingerprint density at radius 3 is 2.62 bits per heavy atom. The number of hydrogen-bond donors (Lipinski definition) is 2. The van der Waals surface area contributed by atoms with Crippen molar-refractivity contribution in [1.29, 1.82) is 0 Å². The molecule has 0 aliphatic carbocycles. The van der Waals surface area contributed by atoms with Crippen molar-refractivity contribution >= 4 is 34.5 Å². The summed E-state index contributed by atoms with van der Waals surface area (Å²) in [6, 6.07) is 6.84. The van der Waals surface area contributed by atoms with Crippen LogP contribution in [0.1, 0.15) is 24.3 Å². The first kappa shape index (κ1) is 15.8. The SMILES string of the molecule is CC(C)Oc1ccc(-c2cc(C(=O)O)nc(S)n2)cc1Br. The molecule has 0 radical (unpaired) electrons. The minimum Gasteiger partial charge on any atom is -0.490 e. The lowest BCUT2D eigenvalue weighted by atomic mass is 10.1. The average Bonchev–Trinajstić information content (AvgIpc) is 2.39. The normalized spacial score (nSPS) is 10.7. The molecule has 2 aromatic rings. The van der Waals surface area contributed by atoms with E-state index < -0.39 is 5.97 Å². The number of hydrogen-bond acceptors (Lipinski definition) is 5. The number of carboxylic acid groups (broad SMARTS) is 1. The Balaban J connectivity index is 2.43. The summed E-state index contributed by atoms with van der Waals surface area (Å²) in [6.45, 7) is 3.88. The molecule has 0 bridgehead atoms. The average molecular weight is 369 g/mol. The number of rotatable bonds is 4. The van der Waals surface area contributed by atoms with Gasteiger partial charge < -0.3 is 9.84 Å². The third-order valence-corrected chi connectivity index (χ3v) is 3.34. The van der Waals surface area contributed by atoms with E-state index in [0.29, 0.717) is 11.4 Å². The Morgan fingerprint density at radius 2 is 2.05 bits per heavy atom. The molecule has 1 aromatic heterocycles. The molecule has 0 fully saturated rings. The van der Waals surface area contributed by atoms with Gasteiger partial charge in [-0.3, -0.25) is 0 Å². The van der Waals surface area contributed by atoms with Crippen LogP contribution in [0, 0.1) is 0 Å². The van der Waals surface area contributed by atoms with Gasteiger partial charge in [-0.15, -0.1) is 12.6 Å². The monoisotopic (exact) mass is 368 g/mol. The fourth-order valence-corrected chi connectivity index (χ4v) is 2.39. The van der Waals surface area contributed by atoms with Gasteiger partial charge in [0.15, 0.2) is 10.9 Å². The number of benzene rings is 1. The summed E-state index contributed by atoms with van der Waals surface area (Å²) in [6.07, 6.45) is 0.0638. The maximum Gasteiger partial charge on any atom is 0.354 e. The van der Waals surface area contributed by atoms with Crippen molar-refractivity contribution < 1.29 is 14.6 Å². The van der Waals surface area contributed by atoms with E-state index in [2.05, 4.69) is 38.5 Å². The lowest BCUT2D eigenvalue weighted by Crippen LogP contribution is -2.06. The van der Waals surface area contributed by atoms with Gasteiger partial charge in [0.25, 0.3) is 0 Å². The Kier molecular flexibility index (Phi) is 4.84. The van der Waals surface area contributed by atoms with Crippen LogP contribution in [0.15, 0.2) is 33.9 Å². The van der Waals surface area contributed by atoms with Gasteiger partial charge in [0.2, 0.25) is 0 Å². The molecule has 0 unspecified atom stereocenters. The highest BCUT2D eigenvalue weighted by molar-refractivity contribution is 9.10. The lowest BCUT2D eigenvalue weighted by Gasteiger charge is -2.12. The molecule has 0 aliphatic heterocycles. The first-order valence-electron chi connectivity index (χ1n) is 6.14. The van der Waals surface area contributed by atoms with Crippen molar-refractivity contribution in [2.75, 3.05) is 0 Å². The molecule has 7 heteroatoms. The van der Waals surface area contributed by atoms with Crippen molar-refractivity contribution in [3.8, 4) is 17.0 Å². The van der Waals surface area contributed by atoms with Crippen LogP contribution in [0.25, 0.3) is 11.3 Å². The summed E-state index contributed by atoms with van der Waals surface area (Å²) in [5.41, 5.74) is 1.14. The van der Waals surface area contributed by atoms with Crippen LogP contribution in [-0.2, 0) is 0 Å². The number of aromatic nitrogens is 2. The van der Waals surface area contributed by atoms with Gasteiger partial charge in [-0.2, -0.15) is 0 Å². The Morgan fingerprint density at radius 1 is 1.33 bits per heavy atom. The number of halogens is 1. The predicted octanol–water partition coefficient (Wildman–Crippen LogP) is 3.68. The fourth-order valence-electron chi connectivity index (χ4n) is 1.70. The number of carbonyl (C=O) groups is 1. The van der Waals surface area contributed by atoms with Crippen LogP contribution in [0.2, 0.25) is 0 Å². The summed E-state index contributed by atoms with van der Waals surface area (Å²) in [4.78, 5) is 18.9. The van der Waals surface area contributed by atoms with Gasteiger partial charge in [0.1, 0.15) is 5.75 Å². The highest BCUT2D eigenvalue weighted by Crippen LogP contribution is 2.31. The van der Waals surface area contributed by atoms with E-state index in [1.807, 2.05) is 26.0 Å². The molecule has 0 amide bonds. The third kappa shape index (κ3) is 3.95. The highest BCUT2D eigenvalue weighted by Gasteiger charge is 2.12. The molecular weight excluding hydrogens is 356 g/mol. The summed E-state index contributed by atoms with van der Waals surface area (Å²) >= 11 is 7.47. The van der Waals surface area contributed by atoms with E-state index >= 15 is 0 Å². The maximum absolute atomic E-state index is 11.0. The number of aromatic carboxylic acids is 1. The number of carboxylic acids is 1. The minimum atomic E-state index is -1.12.